The molecule has 1 saturated heterocycles. The first-order valence-corrected chi connectivity index (χ1v) is 7.55. The summed E-state index contributed by atoms with van der Waals surface area (Å²) in [7, 11) is 0. The third-order valence-corrected chi connectivity index (χ3v) is 4.26. The van der Waals surface area contributed by atoms with Crippen molar-refractivity contribution in [3.05, 3.63) is 34.9 Å². The van der Waals surface area contributed by atoms with Crippen LogP contribution in [0.4, 0.5) is 0 Å². The van der Waals surface area contributed by atoms with Gasteiger partial charge in [0.05, 0.1) is 6.61 Å². The second-order valence-corrected chi connectivity index (χ2v) is 6.29. The molecular formula is C16H24ClNO. The number of ether oxygens (including phenoxy) is 1. The number of rotatable bonds is 5. The number of benzene rings is 1. The van der Waals surface area contributed by atoms with Gasteiger partial charge in [0.2, 0.25) is 0 Å². The van der Waals surface area contributed by atoms with Crippen LogP contribution < -0.4 is 5.32 Å². The van der Waals surface area contributed by atoms with Crippen LogP contribution in [0.3, 0.4) is 0 Å². The minimum Gasteiger partial charge on any atom is -0.381 e. The fourth-order valence-corrected chi connectivity index (χ4v) is 2.84. The summed E-state index contributed by atoms with van der Waals surface area (Å²) < 4.78 is 5.48. The monoisotopic (exact) mass is 281 g/mol. The number of hydrogen-bond donors (Lipinski definition) is 1. The molecule has 1 aliphatic heterocycles. The molecule has 0 bridgehead atoms. The molecule has 1 aromatic carbocycles. The van der Waals surface area contributed by atoms with Crippen molar-refractivity contribution in [3.63, 3.8) is 0 Å². The highest BCUT2D eigenvalue weighted by atomic mass is 35.5. The summed E-state index contributed by atoms with van der Waals surface area (Å²) in [4.78, 5) is 0. The van der Waals surface area contributed by atoms with E-state index in [1.807, 2.05) is 12.1 Å². The summed E-state index contributed by atoms with van der Waals surface area (Å²) in [6.07, 6.45) is 1.17. The molecule has 0 aliphatic carbocycles. The van der Waals surface area contributed by atoms with Crippen molar-refractivity contribution in [1.82, 2.24) is 5.32 Å². The summed E-state index contributed by atoms with van der Waals surface area (Å²) in [5.74, 6) is 1.18. The topological polar surface area (TPSA) is 21.3 Å². The van der Waals surface area contributed by atoms with Gasteiger partial charge >= 0.3 is 0 Å². The number of halogens is 1. The molecule has 1 N–H and O–H groups in total. The Labute approximate surface area is 121 Å². The Kier molecular flexibility index (Phi) is 5.26. The van der Waals surface area contributed by atoms with Gasteiger partial charge in [-0.2, -0.15) is 0 Å². The maximum absolute atomic E-state index is 5.97. The molecule has 2 nitrogen and oxygen atoms in total. The SMILES string of the molecule is CC(C)C(NC(C)C1CCOC1)c1ccc(Cl)cc1. The molecule has 0 amide bonds. The van der Waals surface area contributed by atoms with Gasteiger partial charge in [0.1, 0.15) is 0 Å². The molecule has 1 fully saturated rings. The highest BCUT2D eigenvalue weighted by Crippen LogP contribution is 2.26. The van der Waals surface area contributed by atoms with Crippen LogP contribution in [0.1, 0.15) is 38.8 Å². The lowest BCUT2D eigenvalue weighted by atomic mass is 9.92. The molecule has 3 atom stereocenters. The summed E-state index contributed by atoms with van der Waals surface area (Å²) in [5.41, 5.74) is 1.31. The highest BCUT2D eigenvalue weighted by Gasteiger charge is 2.26. The molecule has 0 aromatic heterocycles. The minimum absolute atomic E-state index is 0.368. The lowest BCUT2D eigenvalue weighted by Gasteiger charge is -2.29. The van der Waals surface area contributed by atoms with Crippen LogP contribution in [0.15, 0.2) is 24.3 Å². The molecule has 3 unspecified atom stereocenters. The Morgan fingerprint density at radius 1 is 1.21 bits per heavy atom. The van der Waals surface area contributed by atoms with Gasteiger partial charge in [0.25, 0.3) is 0 Å². The van der Waals surface area contributed by atoms with Crippen molar-refractivity contribution in [3.8, 4) is 0 Å². The zero-order chi connectivity index (χ0) is 13.8. The Bertz CT molecular complexity index is 384. The van der Waals surface area contributed by atoms with Crippen molar-refractivity contribution in [2.45, 2.75) is 39.3 Å². The van der Waals surface area contributed by atoms with Gasteiger partial charge in [0.15, 0.2) is 0 Å². The summed E-state index contributed by atoms with van der Waals surface area (Å²) >= 11 is 5.97. The zero-order valence-electron chi connectivity index (χ0n) is 12.0. The normalized spacial score (nSPS) is 22.7. The summed E-state index contributed by atoms with van der Waals surface area (Å²) in [6.45, 7) is 8.57. The molecule has 19 heavy (non-hydrogen) atoms. The predicted molar refractivity (Wildman–Crippen MR) is 80.6 cm³/mol. The van der Waals surface area contributed by atoms with E-state index in [0.717, 1.165) is 18.2 Å². The first kappa shape index (κ1) is 14.8. The fourth-order valence-electron chi connectivity index (χ4n) is 2.71. The molecule has 1 heterocycles. The van der Waals surface area contributed by atoms with Crippen LogP contribution in [0, 0.1) is 11.8 Å². The van der Waals surface area contributed by atoms with Crippen LogP contribution in [0.2, 0.25) is 5.02 Å². The number of hydrogen-bond acceptors (Lipinski definition) is 2. The van der Waals surface area contributed by atoms with E-state index in [2.05, 4.69) is 38.2 Å². The Morgan fingerprint density at radius 3 is 2.42 bits per heavy atom. The van der Waals surface area contributed by atoms with Crippen molar-refractivity contribution >= 4 is 11.6 Å². The quantitative estimate of drug-likeness (QED) is 0.879. The average Bonchev–Trinajstić information content (AvgIpc) is 2.90. The van der Waals surface area contributed by atoms with E-state index in [1.54, 1.807) is 0 Å². The molecule has 3 heteroatoms. The zero-order valence-corrected chi connectivity index (χ0v) is 12.8. The maximum Gasteiger partial charge on any atom is 0.0509 e. The lowest BCUT2D eigenvalue weighted by Crippen LogP contribution is -2.38. The van der Waals surface area contributed by atoms with Gasteiger partial charge in [-0.25, -0.2) is 0 Å². The molecule has 1 aliphatic rings. The standard InChI is InChI=1S/C16H24ClNO/c1-11(2)16(13-4-6-15(17)7-5-13)18-12(3)14-8-9-19-10-14/h4-7,11-12,14,16,18H,8-10H2,1-3H3. The largest absolute Gasteiger partial charge is 0.381 e. The van der Waals surface area contributed by atoms with Crippen molar-refractivity contribution < 1.29 is 4.74 Å². The molecule has 1 aromatic rings. The third-order valence-electron chi connectivity index (χ3n) is 4.01. The van der Waals surface area contributed by atoms with E-state index in [9.17, 15) is 0 Å². The smallest absolute Gasteiger partial charge is 0.0509 e. The van der Waals surface area contributed by atoms with Gasteiger partial charge in [0, 0.05) is 23.7 Å². The van der Waals surface area contributed by atoms with Gasteiger partial charge in [-0.3, -0.25) is 0 Å². The van der Waals surface area contributed by atoms with Crippen LogP contribution in [-0.2, 0) is 4.74 Å². The average molecular weight is 282 g/mol. The van der Waals surface area contributed by atoms with E-state index >= 15 is 0 Å². The minimum atomic E-state index is 0.368. The second-order valence-electron chi connectivity index (χ2n) is 5.85. The van der Waals surface area contributed by atoms with Crippen LogP contribution in [-0.4, -0.2) is 19.3 Å². The van der Waals surface area contributed by atoms with E-state index in [1.165, 1.54) is 12.0 Å². The molecular weight excluding hydrogens is 258 g/mol. The predicted octanol–water partition coefficient (Wildman–Crippen LogP) is 4.05. The van der Waals surface area contributed by atoms with Crippen molar-refractivity contribution in [2.24, 2.45) is 11.8 Å². The molecule has 0 radical (unpaired) electrons. The lowest BCUT2D eigenvalue weighted by molar-refractivity contribution is 0.174. The molecule has 106 valence electrons. The third kappa shape index (κ3) is 3.95. The van der Waals surface area contributed by atoms with Crippen LogP contribution in [0.25, 0.3) is 0 Å². The van der Waals surface area contributed by atoms with Gasteiger partial charge in [-0.1, -0.05) is 37.6 Å². The van der Waals surface area contributed by atoms with E-state index in [4.69, 9.17) is 16.3 Å². The molecule has 0 spiro atoms. The first-order chi connectivity index (χ1) is 9.08. The molecule has 0 saturated carbocycles. The highest BCUT2D eigenvalue weighted by molar-refractivity contribution is 6.30. The fraction of sp³-hybridized carbons (Fsp3) is 0.625. The van der Waals surface area contributed by atoms with E-state index in [0.29, 0.717) is 23.9 Å². The van der Waals surface area contributed by atoms with Gasteiger partial charge in [-0.15, -0.1) is 0 Å². The van der Waals surface area contributed by atoms with E-state index < -0.39 is 0 Å². The summed E-state index contributed by atoms with van der Waals surface area (Å²) in [5, 5.41) is 4.57. The first-order valence-electron chi connectivity index (χ1n) is 7.17. The van der Waals surface area contributed by atoms with Crippen molar-refractivity contribution in [2.75, 3.05) is 13.2 Å². The van der Waals surface area contributed by atoms with Gasteiger partial charge < -0.3 is 10.1 Å². The number of nitrogens with one attached hydrogen (secondary N) is 1. The van der Waals surface area contributed by atoms with E-state index in [-0.39, 0.29) is 0 Å². The van der Waals surface area contributed by atoms with Gasteiger partial charge in [-0.05, 0) is 42.9 Å². The van der Waals surface area contributed by atoms with Crippen LogP contribution in [0.5, 0.6) is 0 Å². The maximum atomic E-state index is 5.97. The Morgan fingerprint density at radius 2 is 1.89 bits per heavy atom. The Hall–Kier alpha value is -0.570. The summed E-state index contributed by atoms with van der Waals surface area (Å²) in [6, 6.07) is 9.03. The van der Waals surface area contributed by atoms with Crippen LogP contribution >= 0.6 is 11.6 Å². The Balaban J connectivity index is 2.05. The van der Waals surface area contributed by atoms with Crippen molar-refractivity contribution in [1.29, 1.82) is 0 Å². The molecule has 2 rings (SSSR count). The second kappa shape index (κ2) is 6.74.